The number of thiol groups is 1. The number of rotatable bonds is 4. The SMILES string of the molecule is COc1ccc(Cc2c[nH]c(S)n2)cc1[N+](=O)[O-]. The van der Waals surface area contributed by atoms with E-state index in [-0.39, 0.29) is 11.4 Å². The molecule has 1 aromatic carbocycles. The van der Waals surface area contributed by atoms with Crippen LogP contribution in [0.4, 0.5) is 5.69 Å². The Morgan fingerprint density at radius 2 is 2.33 bits per heavy atom. The van der Waals surface area contributed by atoms with Crippen molar-refractivity contribution in [1.29, 1.82) is 0 Å². The zero-order valence-electron chi connectivity index (χ0n) is 9.58. The first-order valence-corrected chi connectivity index (χ1v) is 5.59. The summed E-state index contributed by atoms with van der Waals surface area (Å²) >= 11 is 4.06. The normalized spacial score (nSPS) is 10.3. The van der Waals surface area contributed by atoms with Gasteiger partial charge in [-0.25, -0.2) is 4.98 Å². The van der Waals surface area contributed by atoms with Crippen LogP contribution in [0.3, 0.4) is 0 Å². The van der Waals surface area contributed by atoms with Crippen molar-refractivity contribution >= 4 is 18.3 Å². The second kappa shape index (κ2) is 5.09. The Labute approximate surface area is 109 Å². The Balaban J connectivity index is 2.29. The van der Waals surface area contributed by atoms with Crippen molar-refractivity contribution in [2.45, 2.75) is 11.6 Å². The highest BCUT2D eigenvalue weighted by molar-refractivity contribution is 7.80. The van der Waals surface area contributed by atoms with Crippen molar-refractivity contribution in [3.8, 4) is 5.75 Å². The van der Waals surface area contributed by atoms with Crippen LogP contribution in [0.1, 0.15) is 11.3 Å². The minimum absolute atomic E-state index is 0.0448. The number of imidazole rings is 1. The van der Waals surface area contributed by atoms with Gasteiger partial charge in [0.25, 0.3) is 0 Å². The first kappa shape index (κ1) is 12.4. The van der Waals surface area contributed by atoms with Crippen molar-refractivity contribution in [3.63, 3.8) is 0 Å². The van der Waals surface area contributed by atoms with E-state index in [4.69, 9.17) is 4.74 Å². The van der Waals surface area contributed by atoms with Crippen LogP contribution in [0, 0.1) is 10.1 Å². The second-order valence-corrected chi connectivity index (χ2v) is 4.08. The van der Waals surface area contributed by atoms with Gasteiger partial charge in [0, 0.05) is 18.7 Å². The Morgan fingerprint density at radius 1 is 1.56 bits per heavy atom. The Morgan fingerprint density at radius 3 is 2.89 bits per heavy atom. The van der Waals surface area contributed by atoms with Crippen LogP contribution in [0.15, 0.2) is 29.6 Å². The van der Waals surface area contributed by atoms with Gasteiger partial charge in [-0.3, -0.25) is 10.1 Å². The summed E-state index contributed by atoms with van der Waals surface area (Å²) in [7, 11) is 1.41. The number of ether oxygens (including phenoxy) is 1. The van der Waals surface area contributed by atoms with Crippen LogP contribution in [0.25, 0.3) is 0 Å². The van der Waals surface area contributed by atoms with E-state index in [1.54, 1.807) is 18.3 Å². The van der Waals surface area contributed by atoms with Gasteiger partial charge in [0.1, 0.15) is 0 Å². The zero-order valence-corrected chi connectivity index (χ0v) is 10.5. The van der Waals surface area contributed by atoms with E-state index in [2.05, 4.69) is 22.6 Å². The number of nitro groups is 1. The molecule has 0 aliphatic rings. The van der Waals surface area contributed by atoms with E-state index in [0.29, 0.717) is 11.6 Å². The molecule has 0 atom stereocenters. The molecule has 0 aliphatic heterocycles. The number of benzene rings is 1. The molecule has 0 unspecified atom stereocenters. The predicted octanol–water partition coefficient (Wildman–Crippen LogP) is 2.21. The lowest BCUT2D eigenvalue weighted by atomic mass is 10.1. The molecule has 18 heavy (non-hydrogen) atoms. The van der Waals surface area contributed by atoms with Gasteiger partial charge in [0.05, 0.1) is 17.7 Å². The van der Waals surface area contributed by atoms with E-state index < -0.39 is 4.92 Å². The maximum atomic E-state index is 10.9. The highest BCUT2D eigenvalue weighted by atomic mass is 32.1. The smallest absolute Gasteiger partial charge is 0.311 e. The summed E-state index contributed by atoms with van der Waals surface area (Å²) < 4.78 is 4.94. The highest BCUT2D eigenvalue weighted by Crippen LogP contribution is 2.28. The Hall–Kier alpha value is -2.02. The number of hydrogen-bond acceptors (Lipinski definition) is 5. The van der Waals surface area contributed by atoms with E-state index in [9.17, 15) is 10.1 Å². The van der Waals surface area contributed by atoms with Crippen molar-refractivity contribution in [2.75, 3.05) is 7.11 Å². The van der Waals surface area contributed by atoms with Gasteiger partial charge in [0.15, 0.2) is 10.9 Å². The van der Waals surface area contributed by atoms with Gasteiger partial charge in [-0.1, -0.05) is 6.07 Å². The summed E-state index contributed by atoms with van der Waals surface area (Å²) in [6.07, 6.45) is 2.22. The molecule has 7 heteroatoms. The van der Waals surface area contributed by atoms with Gasteiger partial charge in [-0.2, -0.15) is 0 Å². The number of H-pyrrole nitrogens is 1. The molecule has 0 amide bonds. The van der Waals surface area contributed by atoms with Crippen molar-refractivity contribution in [3.05, 3.63) is 45.8 Å². The molecule has 2 rings (SSSR count). The largest absolute Gasteiger partial charge is 0.490 e. The van der Waals surface area contributed by atoms with Crippen LogP contribution in [-0.4, -0.2) is 22.0 Å². The molecular formula is C11H11N3O3S. The molecule has 1 heterocycles. The van der Waals surface area contributed by atoms with Crippen LogP contribution < -0.4 is 4.74 Å². The molecule has 94 valence electrons. The van der Waals surface area contributed by atoms with Crippen molar-refractivity contribution < 1.29 is 9.66 Å². The summed E-state index contributed by atoms with van der Waals surface area (Å²) in [6, 6.07) is 4.85. The maximum absolute atomic E-state index is 10.9. The summed E-state index contributed by atoms with van der Waals surface area (Å²) in [5.74, 6) is 0.251. The molecule has 0 saturated heterocycles. The Kier molecular flexibility index (Phi) is 3.52. The number of nitrogens with zero attached hydrogens (tertiary/aromatic N) is 2. The van der Waals surface area contributed by atoms with Crippen LogP contribution in [0.2, 0.25) is 0 Å². The monoisotopic (exact) mass is 265 g/mol. The molecule has 1 N–H and O–H groups in total. The summed E-state index contributed by atoms with van der Waals surface area (Å²) in [5.41, 5.74) is 1.53. The van der Waals surface area contributed by atoms with Crippen LogP contribution in [-0.2, 0) is 6.42 Å². The molecule has 1 aromatic heterocycles. The fourth-order valence-electron chi connectivity index (χ4n) is 1.64. The third-order valence-electron chi connectivity index (χ3n) is 2.44. The number of hydrogen-bond donors (Lipinski definition) is 2. The second-order valence-electron chi connectivity index (χ2n) is 3.66. The lowest BCUT2D eigenvalue weighted by Gasteiger charge is -2.03. The molecule has 0 radical (unpaired) electrons. The summed E-state index contributed by atoms with van der Waals surface area (Å²) in [6.45, 7) is 0. The van der Waals surface area contributed by atoms with Crippen LogP contribution in [0.5, 0.6) is 5.75 Å². The quantitative estimate of drug-likeness (QED) is 0.504. The predicted molar refractivity (Wildman–Crippen MR) is 68.3 cm³/mol. The van der Waals surface area contributed by atoms with Crippen molar-refractivity contribution in [1.82, 2.24) is 9.97 Å². The number of nitrogens with one attached hydrogen (secondary N) is 1. The first-order valence-electron chi connectivity index (χ1n) is 5.14. The maximum Gasteiger partial charge on any atom is 0.311 e. The summed E-state index contributed by atoms with van der Waals surface area (Å²) in [5, 5.41) is 11.4. The van der Waals surface area contributed by atoms with Gasteiger partial charge in [0.2, 0.25) is 0 Å². The molecule has 0 spiro atoms. The number of methoxy groups -OCH3 is 1. The van der Waals surface area contributed by atoms with Gasteiger partial charge >= 0.3 is 5.69 Å². The fourth-order valence-corrected chi connectivity index (χ4v) is 1.83. The average molecular weight is 265 g/mol. The number of nitro benzene ring substituents is 1. The topological polar surface area (TPSA) is 81.0 Å². The van der Waals surface area contributed by atoms with Crippen molar-refractivity contribution in [2.24, 2.45) is 0 Å². The van der Waals surface area contributed by atoms with Gasteiger partial charge in [-0.05, 0) is 11.6 Å². The lowest BCUT2D eigenvalue weighted by molar-refractivity contribution is -0.385. The molecule has 6 nitrogen and oxygen atoms in total. The number of aromatic nitrogens is 2. The molecule has 0 fully saturated rings. The minimum Gasteiger partial charge on any atom is -0.490 e. The molecule has 2 aromatic rings. The Bertz CT molecular complexity index is 583. The third-order valence-corrected chi connectivity index (χ3v) is 2.67. The van der Waals surface area contributed by atoms with Crippen LogP contribution >= 0.6 is 12.6 Å². The molecule has 0 saturated carbocycles. The standard InChI is InChI=1S/C11H11N3O3S/c1-17-10-3-2-7(5-9(10)14(15)16)4-8-6-12-11(18)13-8/h2-3,5-6H,4H2,1H3,(H2,12,13,18). The third kappa shape index (κ3) is 2.62. The van der Waals surface area contributed by atoms with Gasteiger partial charge < -0.3 is 9.72 Å². The summed E-state index contributed by atoms with van der Waals surface area (Å²) in [4.78, 5) is 17.4. The first-order chi connectivity index (χ1) is 8.60. The molecule has 0 aliphatic carbocycles. The highest BCUT2D eigenvalue weighted by Gasteiger charge is 2.15. The molecule has 0 bridgehead atoms. The lowest BCUT2D eigenvalue weighted by Crippen LogP contribution is -1.96. The fraction of sp³-hybridized carbons (Fsp3) is 0.182. The van der Waals surface area contributed by atoms with E-state index in [0.717, 1.165) is 11.3 Å². The van der Waals surface area contributed by atoms with Gasteiger partial charge in [-0.15, -0.1) is 12.6 Å². The van der Waals surface area contributed by atoms with E-state index in [1.165, 1.54) is 13.2 Å². The average Bonchev–Trinajstić information content (AvgIpc) is 2.74. The zero-order chi connectivity index (χ0) is 13.1. The molecular weight excluding hydrogens is 254 g/mol. The minimum atomic E-state index is -0.461. The van der Waals surface area contributed by atoms with E-state index >= 15 is 0 Å². The van der Waals surface area contributed by atoms with E-state index in [1.807, 2.05) is 0 Å². The number of aromatic amines is 1.